The SMILES string of the molecule is O=C(CN1CCOCC1)Nc1ccc2[nH]ncc2c1. The molecule has 6 nitrogen and oxygen atoms in total. The maximum atomic E-state index is 11.9. The average molecular weight is 260 g/mol. The van der Waals surface area contributed by atoms with Crippen LogP contribution in [-0.4, -0.2) is 53.9 Å². The van der Waals surface area contributed by atoms with Crippen LogP contribution in [0.15, 0.2) is 24.4 Å². The van der Waals surface area contributed by atoms with Gasteiger partial charge < -0.3 is 10.1 Å². The van der Waals surface area contributed by atoms with Crippen LogP contribution in [0.1, 0.15) is 0 Å². The van der Waals surface area contributed by atoms with Gasteiger partial charge in [0.1, 0.15) is 0 Å². The monoisotopic (exact) mass is 260 g/mol. The number of carbonyl (C=O) groups excluding carboxylic acids is 1. The Morgan fingerprint density at radius 1 is 1.42 bits per heavy atom. The van der Waals surface area contributed by atoms with Gasteiger partial charge in [0.15, 0.2) is 0 Å². The Hall–Kier alpha value is -1.92. The Morgan fingerprint density at radius 2 is 2.26 bits per heavy atom. The van der Waals surface area contributed by atoms with Crippen LogP contribution in [0.2, 0.25) is 0 Å². The van der Waals surface area contributed by atoms with Crippen LogP contribution in [0, 0.1) is 0 Å². The summed E-state index contributed by atoms with van der Waals surface area (Å²) in [5, 5.41) is 10.7. The molecule has 2 aromatic rings. The van der Waals surface area contributed by atoms with E-state index in [0.717, 1.165) is 29.7 Å². The number of aromatic amines is 1. The summed E-state index contributed by atoms with van der Waals surface area (Å²) in [5.74, 6) is 0.00439. The van der Waals surface area contributed by atoms with E-state index in [-0.39, 0.29) is 5.91 Å². The second-order valence-electron chi connectivity index (χ2n) is 4.61. The number of benzene rings is 1. The molecule has 0 spiro atoms. The van der Waals surface area contributed by atoms with Gasteiger partial charge in [-0.2, -0.15) is 5.10 Å². The van der Waals surface area contributed by atoms with Crippen molar-refractivity contribution in [2.75, 3.05) is 38.2 Å². The van der Waals surface area contributed by atoms with Gasteiger partial charge in [-0.05, 0) is 18.2 Å². The maximum absolute atomic E-state index is 11.9. The van der Waals surface area contributed by atoms with E-state index in [2.05, 4.69) is 20.4 Å². The molecular weight excluding hydrogens is 244 g/mol. The maximum Gasteiger partial charge on any atom is 0.238 e. The molecule has 1 aliphatic rings. The number of amides is 1. The van der Waals surface area contributed by atoms with Gasteiger partial charge in [-0.3, -0.25) is 14.8 Å². The number of aromatic nitrogens is 2. The lowest BCUT2D eigenvalue weighted by Gasteiger charge is -2.25. The zero-order valence-electron chi connectivity index (χ0n) is 10.6. The Labute approximate surface area is 110 Å². The first-order chi connectivity index (χ1) is 9.31. The molecule has 1 saturated heterocycles. The van der Waals surface area contributed by atoms with Crippen LogP contribution < -0.4 is 5.32 Å². The molecule has 1 aliphatic heterocycles. The summed E-state index contributed by atoms with van der Waals surface area (Å²) >= 11 is 0. The number of carbonyl (C=O) groups is 1. The van der Waals surface area contributed by atoms with Gasteiger partial charge in [0, 0.05) is 24.2 Å². The first-order valence-corrected chi connectivity index (χ1v) is 6.34. The zero-order chi connectivity index (χ0) is 13.1. The van der Waals surface area contributed by atoms with Gasteiger partial charge in [-0.15, -0.1) is 0 Å². The standard InChI is InChI=1S/C13H16N4O2/c18-13(9-17-3-5-19-6-4-17)15-11-1-2-12-10(7-11)8-14-16-12/h1-2,7-8H,3-6,9H2,(H,14,16)(H,15,18). The predicted octanol–water partition coefficient (Wildman–Crippen LogP) is 0.834. The summed E-state index contributed by atoms with van der Waals surface area (Å²) in [5.41, 5.74) is 1.76. The second-order valence-corrected chi connectivity index (χ2v) is 4.61. The normalized spacial score (nSPS) is 16.6. The Bertz CT molecular complexity index is 575. The molecule has 0 atom stereocenters. The van der Waals surface area contributed by atoms with Crippen molar-refractivity contribution in [2.45, 2.75) is 0 Å². The first kappa shape index (κ1) is 12.1. The minimum absolute atomic E-state index is 0.00439. The van der Waals surface area contributed by atoms with E-state index in [1.165, 1.54) is 0 Å². The van der Waals surface area contributed by atoms with Crippen molar-refractivity contribution in [1.82, 2.24) is 15.1 Å². The molecule has 6 heteroatoms. The molecule has 0 unspecified atom stereocenters. The highest BCUT2D eigenvalue weighted by molar-refractivity contribution is 5.94. The van der Waals surface area contributed by atoms with Crippen molar-refractivity contribution in [3.63, 3.8) is 0 Å². The lowest BCUT2D eigenvalue weighted by Crippen LogP contribution is -2.41. The van der Waals surface area contributed by atoms with E-state index in [9.17, 15) is 4.79 Å². The quantitative estimate of drug-likeness (QED) is 0.857. The molecule has 100 valence electrons. The molecule has 2 N–H and O–H groups in total. The number of nitrogens with one attached hydrogen (secondary N) is 2. The fourth-order valence-electron chi connectivity index (χ4n) is 2.18. The lowest BCUT2D eigenvalue weighted by molar-refractivity contribution is -0.118. The van der Waals surface area contributed by atoms with E-state index >= 15 is 0 Å². The number of nitrogens with zero attached hydrogens (tertiary/aromatic N) is 2. The van der Waals surface area contributed by atoms with Gasteiger partial charge in [-0.1, -0.05) is 0 Å². The second kappa shape index (κ2) is 5.38. The fourth-order valence-corrected chi connectivity index (χ4v) is 2.18. The van der Waals surface area contributed by atoms with Gasteiger partial charge in [0.25, 0.3) is 0 Å². The Balaban J connectivity index is 1.61. The number of rotatable bonds is 3. The average Bonchev–Trinajstić information content (AvgIpc) is 2.87. The van der Waals surface area contributed by atoms with Crippen LogP contribution in [0.5, 0.6) is 0 Å². The highest BCUT2D eigenvalue weighted by Gasteiger charge is 2.14. The zero-order valence-corrected chi connectivity index (χ0v) is 10.6. The van der Waals surface area contributed by atoms with Gasteiger partial charge in [0.2, 0.25) is 5.91 Å². The van der Waals surface area contributed by atoms with Gasteiger partial charge in [0.05, 0.1) is 31.5 Å². The third-order valence-corrected chi connectivity index (χ3v) is 3.19. The largest absolute Gasteiger partial charge is 0.379 e. The van der Waals surface area contributed by atoms with Crippen LogP contribution in [0.4, 0.5) is 5.69 Å². The number of hydrogen-bond acceptors (Lipinski definition) is 4. The van der Waals surface area contributed by atoms with Crippen molar-refractivity contribution in [1.29, 1.82) is 0 Å². The number of ether oxygens (including phenoxy) is 1. The summed E-state index contributed by atoms with van der Waals surface area (Å²) in [6.45, 7) is 3.44. The molecule has 1 aromatic heterocycles. The van der Waals surface area contributed by atoms with E-state index in [0.29, 0.717) is 19.8 Å². The van der Waals surface area contributed by atoms with Crippen molar-refractivity contribution < 1.29 is 9.53 Å². The molecule has 2 heterocycles. The first-order valence-electron chi connectivity index (χ1n) is 6.34. The van der Waals surface area contributed by atoms with E-state index in [4.69, 9.17) is 4.74 Å². The molecular formula is C13H16N4O2. The minimum atomic E-state index is 0.00439. The summed E-state index contributed by atoms with van der Waals surface area (Å²) in [6.07, 6.45) is 1.74. The molecule has 1 fully saturated rings. The molecule has 1 aromatic carbocycles. The van der Waals surface area contributed by atoms with Crippen LogP contribution >= 0.6 is 0 Å². The van der Waals surface area contributed by atoms with Crippen molar-refractivity contribution in [3.8, 4) is 0 Å². The van der Waals surface area contributed by atoms with Gasteiger partial charge in [-0.25, -0.2) is 0 Å². The predicted molar refractivity (Wildman–Crippen MR) is 72.0 cm³/mol. The third kappa shape index (κ3) is 2.91. The fraction of sp³-hybridized carbons (Fsp3) is 0.385. The summed E-state index contributed by atoms with van der Waals surface area (Å²) in [4.78, 5) is 14.0. The topological polar surface area (TPSA) is 70.2 Å². The summed E-state index contributed by atoms with van der Waals surface area (Å²) in [6, 6.07) is 5.69. The summed E-state index contributed by atoms with van der Waals surface area (Å²) < 4.78 is 5.26. The lowest BCUT2D eigenvalue weighted by atomic mass is 10.2. The van der Waals surface area contributed by atoms with Crippen molar-refractivity contribution in [3.05, 3.63) is 24.4 Å². The molecule has 0 aliphatic carbocycles. The number of fused-ring (bicyclic) bond motifs is 1. The number of morpholine rings is 1. The van der Waals surface area contributed by atoms with Gasteiger partial charge >= 0.3 is 0 Å². The molecule has 0 bridgehead atoms. The molecule has 1 amide bonds. The van der Waals surface area contributed by atoms with E-state index in [1.807, 2.05) is 18.2 Å². The van der Waals surface area contributed by atoms with E-state index in [1.54, 1.807) is 6.20 Å². The minimum Gasteiger partial charge on any atom is -0.379 e. The third-order valence-electron chi connectivity index (χ3n) is 3.19. The Kier molecular flexibility index (Phi) is 3.43. The Morgan fingerprint density at radius 3 is 3.11 bits per heavy atom. The summed E-state index contributed by atoms with van der Waals surface area (Å²) in [7, 11) is 0. The number of hydrogen-bond donors (Lipinski definition) is 2. The van der Waals surface area contributed by atoms with Crippen molar-refractivity contribution in [2.24, 2.45) is 0 Å². The molecule has 0 radical (unpaired) electrons. The van der Waals surface area contributed by atoms with Crippen LogP contribution in [0.25, 0.3) is 10.9 Å². The molecule has 19 heavy (non-hydrogen) atoms. The highest BCUT2D eigenvalue weighted by Crippen LogP contribution is 2.16. The highest BCUT2D eigenvalue weighted by atomic mass is 16.5. The number of H-pyrrole nitrogens is 1. The van der Waals surface area contributed by atoms with E-state index < -0.39 is 0 Å². The molecule has 3 rings (SSSR count). The van der Waals surface area contributed by atoms with Crippen molar-refractivity contribution >= 4 is 22.5 Å². The number of anilines is 1. The molecule has 0 saturated carbocycles. The van der Waals surface area contributed by atoms with Crippen LogP contribution in [-0.2, 0) is 9.53 Å². The van der Waals surface area contributed by atoms with Crippen LogP contribution in [0.3, 0.4) is 0 Å². The smallest absolute Gasteiger partial charge is 0.238 e.